The van der Waals surface area contributed by atoms with Gasteiger partial charge in [-0.25, -0.2) is 4.79 Å². The third kappa shape index (κ3) is 4.89. The molecule has 0 fully saturated rings. The van der Waals surface area contributed by atoms with Crippen LogP contribution in [0.15, 0.2) is 0 Å². The summed E-state index contributed by atoms with van der Waals surface area (Å²) >= 11 is 0. The number of hydrogen-bond donors (Lipinski definition) is 3. The molecular weight excluding hydrogens is 134 g/mol. The molecule has 5 nitrogen and oxygen atoms in total. The second-order valence-electron chi connectivity index (χ2n) is 2.08. The Morgan fingerprint density at radius 2 is 2.00 bits per heavy atom. The summed E-state index contributed by atoms with van der Waals surface area (Å²) in [7, 11) is 0. The van der Waals surface area contributed by atoms with E-state index in [0.717, 1.165) is 0 Å². The molecular formula is C5H11N3O2. The Morgan fingerprint density at radius 3 is 2.30 bits per heavy atom. The van der Waals surface area contributed by atoms with Crippen LogP contribution in [-0.2, 0) is 4.79 Å². The van der Waals surface area contributed by atoms with Gasteiger partial charge in [-0.1, -0.05) is 0 Å². The first-order valence-corrected chi connectivity index (χ1v) is 2.86. The SMILES string of the molecule is CC(CC(N)=O)NC(N)=O. The van der Waals surface area contributed by atoms with Crippen molar-refractivity contribution in [2.24, 2.45) is 11.5 Å². The molecule has 3 amide bonds. The van der Waals surface area contributed by atoms with E-state index in [9.17, 15) is 9.59 Å². The maximum absolute atomic E-state index is 10.2. The third-order valence-electron chi connectivity index (χ3n) is 0.896. The molecule has 0 saturated heterocycles. The summed E-state index contributed by atoms with van der Waals surface area (Å²) in [4.78, 5) is 20.4. The molecule has 0 aromatic heterocycles. The van der Waals surface area contributed by atoms with Gasteiger partial charge in [0.05, 0.1) is 0 Å². The zero-order valence-electron chi connectivity index (χ0n) is 5.76. The van der Waals surface area contributed by atoms with Gasteiger partial charge in [0.1, 0.15) is 0 Å². The van der Waals surface area contributed by atoms with Gasteiger partial charge in [-0.15, -0.1) is 0 Å². The summed E-state index contributed by atoms with van der Waals surface area (Å²) in [5.74, 6) is -0.457. The lowest BCUT2D eigenvalue weighted by Crippen LogP contribution is -2.38. The van der Waals surface area contributed by atoms with E-state index in [1.165, 1.54) is 0 Å². The number of carbonyl (C=O) groups excluding carboxylic acids is 2. The lowest BCUT2D eigenvalue weighted by Gasteiger charge is -2.07. The van der Waals surface area contributed by atoms with Crippen LogP contribution in [0.4, 0.5) is 4.79 Å². The van der Waals surface area contributed by atoms with Crippen LogP contribution in [0.1, 0.15) is 13.3 Å². The number of carbonyl (C=O) groups is 2. The van der Waals surface area contributed by atoms with Gasteiger partial charge in [-0.05, 0) is 6.92 Å². The lowest BCUT2D eigenvalue weighted by atomic mass is 10.2. The quantitative estimate of drug-likeness (QED) is 0.470. The van der Waals surface area contributed by atoms with E-state index in [0.29, 0.717) is 0 Å². The van der Waals surface area contributed by atoms with Crippen LogP contribution in [0.25, 0.3) is 0 Å². The molecule has 0 aliphatic rings. The Balaban J connectivity index is 3.53. The topological polar surface area (TPSA) is 98.2 Å². The van der Waals surface area contributed by atoms with E-state index in [-0.39, 0.29) is 12.5 Å². The van der Waals surface area contributed by atoms with Crippen LogP contribution in [0.3, 0.4) is 0 Å². The maximum Gasteiger partial charge on any atom is 0.312 e. The van der Waals surface area contributed by atoms with Crippen molar-refractivity contribution in [3.63, 3.8) is 0 Å². The zero-order chi connectivity index (χ0) is 8.15. The molecule has 1 unspecified atom stereocenters. The zero-order valence-corrected chi connectivity index (χ0v) is 5.76. The summed E-state index contributed by atoms with van der Waals surface area (Å²) < 4.78 is 0. The minimum absolute atomic E-state index is 0.114. The van der Waals surface area contributed by atoms with Crippen molar-refractivity contribution in [3.05, 3.63) is 0 Å². The normalized spacial score (nSPS) is 12.1. The Morgan fingerprint density at radius 1 is 1.50 bits per heavy atom. The predicted octanol–water partition coefficient (Wildman–Crippen LogP) is -1.08. The molecule has 0 bridgehead atoms. The highest BCUT2D eigenvalue weighted by molar-refractivity contribution is 5.76. The first kappa shape index (κ1) is 8.74. The third-order valence-corrected chi connectivity index (χ3v) is 0.896. The number of amides is 3. The molecule has 10 heavy (non-hydrogen) atoms. The molecule has 0 saturated carbocycles. The number of primary amides is 2. The fraction of sp³-hybridized carbons (Fsp3) is 0.600. The second-order valence-corrected chi connectivity index (χ2v) is 2.08. The number of rotatable bonds is 3. The molecule has 0 rings (SSSR count). The van der Waals surface area contributed by atoms with Crippen LogP contribution >= 0.6 is 0 Å². The average molecular weight is 145 g/mol. The molecule has 1 atom stereocenters. The molecule has 58 valence electrons. The summed E-state index contributed by atoms with van der Waals surface area (Å²) in [6.07, 6.45) is 0.114. The van der Waals surface area contributed by atoms with Crippen molar-refractivity contribution in [1.29, 1.82) is 0 Å². The van der Waals surface area contributed by atoms with Gasteiger partial charge in [-0.2, -0.15) is 0 Å². The van der Waals surface area contributed by atoms with Crippen LogP contribution < -0.4 is 16.8 Å². The molecule has 0 aliphatic heterocycles. The van der Waals surface area contributed by atoms with Gasteiger partial charge in [0, 0.05) is 12.5 Å². The van der Waals surface area contributed by atoms with Crippen molar-refractivity contribution in [2.45, 2.75) is 19.4 Å². The minimum Gasteiger partial charge on any atom is -0.370 e. The summed E-state index contributed by atoms with van der Waals surface area (Å²) in [5.41, 5.74) is 9.60. The van der Waals surface area contributed by atoms with Crippen LogP contribution in [-0.4, -0.2) is 18.0 Å². The van der Waals surface area contributed by atoms with Crippen molar-refractivity contribution < 1.29 is 9.59 Å². The maximum atomic E-state index is 10.2. The Bertz CT molecular complexity index is 130. The standard InChI is InChI=1S/C5H11N3O2/c1-3(2-4(6)9)8-5(7)10/h3H,2H2,1H3,(H2,6,9)(H3,7,8,10). The number of nitrogens with one attached hydrogen (secondary N) is 1. The smallest absolute Gasteiger partial charge is 0.312 e. The molecule has 0 aromatic rings. The summed E-state index contributed by atoms with van der Waals surface area (Å²) in [6, 6.07) is -0.927. The molecule has 0 spiro atoms. The van der Waals surface area contributed by atoms with Crippen molar-refractivity contribution in [3.8, 4) is 0 Å². The summed E-state index contributed by atoms with van der Waals surface area (Å²) in [5, 5.41) is 2.31. The Kier molecular flexibility index (Phi) is 3.24. The van der Waals surface area contributed by atoms with E-state index < -0.39 is 11.9 Å². The highest BCUT2D eigenvalue weighted by Gasteiger charge is 2.05. The number of urea groups is 1. The van der Waals surface area contributed by atoms with Gasteiger partial charge in [0.2, 0.25) is 5.91 Å². The van der Waals surface area contributed by atoms with Gasteiger partial charge in [0.25, 0.3) is 0 Å². The number of nitrogens with two attached hydrogens (primary N) is 2. The van der Waals surface area contributed by atoms with E-state index in [2.05, 4.69) is 5.32 Å². The van der Waals surface area contributed by atoms with Gasteiger partial charge in [-0.3, -0.25) is 4.79 Å². The van der Waals surface area contributed by atoms with Crippen molar-refractivity contribution in [1.82, 2.24) is 5.32 Å². The molecule has 5 heteroatoms. The molecule has 0 aliphatic carbocycles. The highest BCUT2D eigenvalue weighted by Crippen LogP contribution is 1.86. The van der Waals surface area contributed by atoms with E-state index in [4.69, 9.17) is 11.5 Å². The van der Waals surface area contributed by atoms with E-state index in [1.54, 1.807) is 6.92 Å². The van der Waals surface area contributed by atoms with Crippen molar-refractivity contribution >= 4 is 11.9 Å². The lowest BCUT2D eigenvalue weighted by molar-refractivity contribution is -0.118. The monoisotopic (exact) mass is 145 g/mol. The van der Waals surface area contributed by atoms with Crippen LogP contribution in [0.2, 0.25) is 0 Å². The fourth-order valence-electron chi connectivity index (χ4n) is 0.596. The molecule has 5 N–H and O–H groups in total. The van der Waals surface area contributed by atoms with E-state index in [1.807, 2.05) is 0 Å². The fourth-order valence-corrected chi connectivity index (χ4v) is 0.596. The largest absolute Gasteiger partial charge is 0.370 e. The van der Waals surface area contributed by atoms with Gasteiger partial charge < -0.3 is 16.8 Å². The van der Waals surface area contributed by atoms with E-state index >= 15 is 0 Å². The van der Waals surface area contributed by atoms with Crippen molar-refractivity contribution in [2.75, 3.05) is 0 Å². The number of hydrogen-bond acceptors (Lipinski definition) is 2. The van der Waals surface area contributed by atoms with Crippen LogP contribution in [0, 0.1) is 0 Å². The predicted molar refractivity (Wildman–Crippen MR) is 36.0 cm³/mol. The van der Waals surface area contributed by atoms with Gasteiger partial charge in [0.15, 0.2) is 0 Å². The average Bonchev–Trinajstić information content (AvgIpc) is 1.58. The highest BCUT2D eigenvalue weighted by atomic mass is 16.2. The first-order chi connectivity index (χ1) is 4.52. The van der Waals surface area contributed by atoms with Crippen LogP contribution in [0.5, 0.6) is 0 Å². The second kappa shape index (κ2) is 3.71. The Hall–Kier alpha value is -1.26. The molecule has 0 radical (unpaired) electrons. The van der Waals surface area contributed by atoms with Gasteiger partial charge >= 0.3 is 6.03 Å². The molecule has 0 heterocycles. The molecule has 0 aromatic carbocycles. The minimum atomic E-state index is -0.645. The Labute approximate surface area is 58.8 Å². The summed E-state index contributed by atoms with van der Waals surface area (Å²) in [6.45, 7) is 1.65. The first-order valence-electron chi connectivity index (χ1n) is 2.86.